The number of hydrazone groups is 1. The highest BCUT2D eigenvalue weighted by molar-refractivity contribution is 5.99. The van der Waals surface area contributed by atoms with Gasteiger partial charge in [-0.3, -0.25) is 9.69 Å². The average molecular weight is 425 g/mol. The molecule has 1 saturated heterocycles. The third kappa shape index (κ3) is 6.80. The van der Waals surface area contributed by atoms with Crippen molar-refractivity contribution in [2.24, 2.45) is 5.10 Å². The fourth-order valence-corrected chi connectivity index (χ4v) is 3.69. The standard InChI is InChI=1S/C24H32N4O3/c1-18(20-9-10-22(30-2)23(15-20)31-3)26-27-24(29)16-25-21-11-13-28(14-12-21)17-19-7-5-4-6-8-19/h4-10,15,21,25H,11-14,16-17H2,1-3H3,(H,27,29). The van der Waals surface area contributed by atoms with Crippen LogP contribution in [0.25, 0.3) is 0 Å². The molecule has 1 fully saturated rings. The zero-order chi connectivity index (χ0) is 22.1. The van der Waals surface area contributed by atoms with Crippen molar-refractivity contribution in [3.63, 3.8) is 0 Å². The second kappa shape index (κ2) is 11.5. The fourth-order valence-electron chi connectivity index (χ4n) is 3.69. The Morgan fingerprint density at radius 1 is 1.06 bits per heavy atom. The number of amides is 1. The van der Waals surface area contributed by atoms with Crippen LogP contribution in [0.15, 0.2) is 53.6 Å². The van der Waals surface area contributed by atoms with Crippen LogP contribution >= 0.6 is 0 Å². The Bertz CT molecular complexity index is 878. The summed E-state index contributed by atoms with van der Waals surface area (Å²) >= 11 is 0. The summed E-state index contributed by atoms with van der Waals surface area (Å²) < 4.78 is 10.6. The van der Waals surface area contributed by atoms with E-state index in [-0.39, 0.29) is 12.5 Å². The zero-order valence-corrected chi connectivity index (χ0v) is 18.6. The number of rotatable bonds is 9. The summed E-state index contributed by atoms with van der Waals surface area (Å²) in [5.74, 6) is 1.13. The topological polar surface area (TPSA) is 75.2 Å². The van der Waals surface area contributed by atoms with Gasteiger partial charge in [0.1, 0.15) is 0 Å². The summed E-state index contributed by atoms with van der Waals surface area (Å²) in [6, 6.07) is 16.4. The van der Waals surface area contributed by atoms with Crippen molar-refractivity contribution < 1.29 is 14.3 Å². The van der Waals surface area contributed by atoms with Gasteiger partial charge in [-0.2, -0.15) is 5.10 Å². The monoisotopic (exact) mass is 424 g/mol. The van der Waals surface area contributed by atoms with Crippen LogP contribution in [0.2, 0.25) is 0 Å². The van der Waals surface area contributed by atoms with Gasteiger partial charge in [-0.25, -0.2) is 5.43 Å². The predicted molar refractivity (Wildman–Crippen MR) is 123 cm³/mol. The summed E-state index contributed by atoms with van der Waals surface area (Å²) in [7, 11) is 3.19. The molecule has 7 heteroatoms. The van der Waals surface area contributed by atoms with E-state index in [1.54, 1.807) is 14.2 Å². The van der Waals surface area contributed by atoms with E-state index in [2.05, 4.69) is 45.0 Å². The van der Waals surface area contributed by atoms with Crippen LogP contribution in [0.4, 0.5) is 0 Å². The molecule has 2 aromatic carbocycles. The van der Waals surface area contributed by atoms with E-state index < -0.39 is 0 Å². The van der Waals surface area contributed by atoms with Gasteiger partial charge >= 0.3 is 0 Å². The molecule has 1 heterocycles. The highest BCUT2D eigenvalue weighted by atomic mass is 16.5. The van der Waals surface area contributed by atoms with E-state index >= 15 is 0 Å². The minimum atomic E-state index is -0.147. The first-order valence-corrected chi connectivity index (χ1v) is 10.6. The highest BCUT2D eigenvalue weighted by Gasteiger charge is 2.19. The van der Waals surface area contributed by atoms with E-state index in [0.717, 1.165) is 38.0 Å². The Morgan fingerprint density at radius 3 is 2.45 bits per heavy atom. The molecular formula is C24H32N4O3. The number of likely N-dealkylation sites (tertiary alicyclic amines) is 1. The maximum absolute atomic E-state index is 12.2. The molecule has 0 unspecified atom stereocenters. The summed E-state index contributed by atoms with van der Waals surface area (Å²) in [6.07, 6.45) is 2.07. The Labute approximate surface area is 184 Å². The lowest BCUT2D eigenvalue weighted by molar-refractivity contribution is -0.120. The minimum absolute atomic E-state index is 0.147. The quantitative estimate of drug-likeness (QED) is 0.478. The second-order valence-corrected chi connectivity index (χ2v) is 7.72. The van der Waals surface area contributed by atoms with Crippen molar-refractivity contribution in [1.82, 2.24) is 15.6 Å². The number of carbonyl (C=O) groups excluding carboxylic acids is 1. The van der Waals surface area contributed by atoms with Crippen LogP contribution in [0.5, 0.6) is 11.5 Å². The van der Waals surface area contributed by atoms with Gasteiger partial charge in [0, 0.05) is 18.2 Å². The van der Waals surface area contributed by atoms with Crippen LogP contribution < -0.4 is 20.2 Å². The van der Waals surface area contributed by atoms with Crippen molar-refractivity contribution in [1.29, 1.82) is 0 Å². The number of nitrogens with one attached hydrogen (secondary N) is 2. The summed E-state index contributed by atoms with van der Waals surface area (Å²) in [5, 5.41) is 7.58. The van der Waals surface area contributed by atoms with Crippen LogP contribution in [0.1, 0.15) is 30.9 Å². The molecule has 0 atom stereocenters. The van der Waals surface area contributed by atoms with Gasteiger partial charge in [0.25, 0.3) is 5.91 Å². The molecule has 2 aromatic rings. The van der Waals surface area contributed by atoms with Gasteiger partial charge in [-0.1, -0.05) is 30.3 Å². The largest absolute Gasteiger partial charge is 0.493 e. The van der Waals surface area contributed by atoms with E-state index in [0.29, 0.717) is 23.3 Å². The van der Waals surface area contributed by atoms with E-state index in [1.807, 2.05) is 31.2 Å². The van der Waals surface area contributed by atoms with Gasteiger partial charge < -0.3 is 14.8 Å². The maximum atomic E-state index is 12.2. The number of carbonyl (C=O) groups is 1. The van der Waals surface area contributed by atoms with Crippen LogP contribution in [0.3, 0.4) is 0 Å². The average Bonchev–Trinajstić information content (AvgIpc) is 2.82. The number of ether oxygens (including phenoxy) is 2. The van der Waals surface area contributed by atoms with Gasteiger partial charge in [0.2, 0.25) is 0 Å². The Balaban J connectivity index is 1.40. The molecule has 0 aliphatic carbocycles. The lowest BCUT2D eigenvalue weighted by Gasteiger charge is -2.32. The molecule has 0 spiro atoms. The third-order valence-corrected chi connectivity index (χ3v) is 5.54. The molecule has 0 radical (unpaired) electrons. The number of nitrogens with zero attached hydrogens (tertiary/aromatic N) is 2. The second-order valence-electron chi connectivity index (χ2n) is 7.72. The van der Waals surface area contributed by atoms with Crippen LogP contribution in [-0.4, -0.2) is 56.4 Å². The van der Waals surface area contributed by atoms with Crippen LogP contribution in [-0.2, 0) is 11.3 Å². The summed E-state index contributed by atoms with van der Waals surface area (Å²) in [5.41, 5.74) is 5.53. The van der Waals surface area contributed by atoms with Crippen molar-refractivity contribution in [3.05, 3.63) is 59.7 Å². The van der Waals surface area contributed by atoms with Crippen molar-refractivity contribution in [3.8, 4) is 11.5 Å². The molecule has 1 amide bonds. The first kappa shape index (κ1) is 22.8. The molecule has 2 N–H and O–H groups in total. The minimum Gasteiger partial charge on any atom is -0.493 e. The van der Waals surface area contributed by atoms with Gasteiger partial charge in [0.15, 0.2) is 11.5 Å². The first-order chi connectivity index (χ1) is 15.1. The Kier molecular flexibility index (Phi) is 8.44. The molecule has 7 nitrogen and oxygen atoms in total. The maximum Gasteiger partial charge on any atom is 0.254 e. The molecule has 1 aliphatic heterocycles. The molecule has 31 heavy (non-hydrogen) atoms. The molecule has 0 saturated carbocycles. The molecule has 3 rings (SSSR count). The number of piperidine rings is 1. The normalized spacial score (nSPS) is 15.5. The van der Waals surface area contributed by atoms with Gasteiger partial charge in [-0.05, 0) is 56.6 Å². The lowest BCUT2D eigenvalue weighted by atomic mass is 10.0. The predicted octanol–water partition coefficient (Wildman–Crippen LogP) is 2.80. The summed E-state index contributed by atoms with van der Waals surface area (Å²) in [6.45, 7) is 5.15. The highest BCUT2D eigenvalue weighted by Crippen LogP contribution is 2.27. The summed E-state index contributed by atoms with van der Waals surface area (Å²) in [4.78, 5) is 14.7. The molecule has 0 aromatic heterocycles. The SMILES string of the molecule is COc1ccc(C(C)=NNC(=O)CNC2CCN(Cc3ccccc3)CC2)cc1OC. The third-order valence-electron chi connectivity index (χ3n) is 5.54. The lowest BCUT2D eigenvalue weighted by Crippen LogP contribution is -2.45. The zero-order valence-electron chi connectivity index (χ0n) is 18.6. The van der Waals surface area contributed by atoms with E-state index in [1.165, 1.54) is 5.56 Å². The number of benzene rings is 2. The van der Waals surface area contributed by atoms with Gasteiger partial charge in [0.05, 0.1) is 26.5 Å². The van der Waals surface area contributed by atoms with Gasteiger partial charge in [-0.15, -0.1) is 0 Å². The molecule has 0 bridgehead atoms. The molecular weight excluding hydrogens is 392 g/mol. The molecule has 166 valence electrons. The van der Waals surface area contributed by atoms with E-state index in [9.17, 15) is 4.79 Å². The van der Waals surface area contributed by atoms with Crippen molar-refractivity contribution in [2.45, 2.75) is 32.4 Å². The number of hydrogen-bond donors (Lipinski definition) is 2. The first-order valence-electron chi connectivity index (χ1n) is 10.6. The van der Waals surface area contributed by atoms with Crippen LogP contribution in [0, 0.1) is 0 Å². The number of hydrogen-bond acceptors (Lipinski definition) is 6. The van der Waals surface area contributed by atoms with Crippen molar-refractivity contribution >= 4 is 11.6 Å². The number of methoxy groups -OCH3 is 2. The van der Waals surface area contributed by atoms with Crippen molar-refractivity contribution in [2.75, 3.05) is 33.9 Å². The molecule has 1 aliphatic rings. The Morgan fingerprint density at radius 2 is 1.77 bits per heavy atom. The fraction of sp³-hybridized carbons (Fsp3) is 0.417. The Hall–Kier alpha value is -2.90. The van der Waals surface area contributed by atoms with E-state index in [4.69, 9.17) is 9.47 Å². The smallest absolute Gasteiger partial charge is 0.254 e.